The zero-order chi connectivity index (χ0) is 25.2. The van der Waals surface area contributed by atoms with Crippen LogP contribution < -0.4 is 15.1 Å². The van der Waals surface area contributed by atoms with Gasteiger partial charge in [0, 0.05) is 42.8 Å². The van der Waals surface area contributed by atoms with Gasteiger partial charge in [0.05, 0.1) is 16.8 Å². The number of carbonyl (C=O) groups excluding carboxylic acids is 1. The van der Waals surface area contributed by atoms with Gasteiger partial charge in [-0.1, -0.05) is 12.1 Å². The number of carboxylic acids is 1. The first-order chi connectivity index (χ1) is 17.4. The van der Waals surface area contributed by atoms with Gasteiger partial charge in [-0.25, -0.2) is 18.6 Å². The number of hydrogen-bond acceptors (Lipinski definition) is 5. The predicted molar refractivity (Wildman–Crippen MR) is 156 cm³/mol. The van der Waals surface area contributed by atoms with Crippen LogP contribution in [-0.4, -0.2) is 48.1 Å². The van der Waals surface area contributed by atoms with Crippen molar-refractivity contribution in [2.45, 2.75) is 0 Å². The van der Waals surface area contributed by atoms with Crippen molar-refractivity contribution in [3.63, 3.8) is 0 Å². The molecule has 7 nitrogen and oxygen atoms in total. The van der Waals surface area contributed by atoms with E-state index in [1.165, 1.54) is 36.4 Å². The largest absolute Gasteiger partial charge is 0.478 e. The number of aromatic carboxylic acids is 1. The standard InChI is InChI=1S/C27H22F2N4O3.3ClH/c28-18-7-5-17(6-8-18)26(34)30-19-9-10-23-20(15-19)21(27(35)36)16-25(31-23)33-13-11-32(12-14-33)24-4-2-1-3-22(24)29;;;/h1-10,15-16H,11-14H2,(H,30,34)(H,35,36);3*1H. The lowest BCUT2D eigenvalue weighted by Gasteiger charge is -2.37. The number of aromatic nitrogens is 1. The summed E-state index contributed by atoms with van der Waals surface area (Å²) in [6, 6.07) is 18.1. The van der Waals surface area contributed by atoms with Gasteiger partial charge < -0.3 is 20.2 Å². The molecule has 1 aliphatic heterocycles. The quantitative estimate of drug-likeness (QED) is 0.291. The molecule has 0 spiro atoms. The molecule has 0 aliphatic carbocycles. The zero-order valence-electron chi connectivity index (χ0n) is 20.3. The molecular formula is C27H25Cl3F2N4O3. The Morgan fingerprint density at radius 3 is 2.10 bits per heavy atom. The Bertz CT molecular complexity index is 1470. The number of carbonyl (C=O) groups is 2. The SMILES string of the molecule is Cl.Cl.Cl.O=C(Nc1ccc2nc(N3CCN(c4ccccc4F)CC3)cc(C(=O)O)c2c1)c1ccc(F)cc1. The fourth-order valence-electron chi connectivity index (χ4n) is 4.32. The van der Waals surface area contributed by atoms with E-state index in [1.54, 1.807) is 36.4 Å². The van der Waals surface area contributed by atoms with Gasteiger partial charge in [0.15, 0.2) is 0 Å². The van der Waals surface area contributed by atoms with E-state index >= 15 is 0 Å². The number of pyridine rings is 1. The Labute approximate surface area is 242 Å². The lowest BCUT2D eigenvalue weighted by atomic mass is 10.1. The summed E-state index contributed by atoms with van der Waals surface area (Å²) in [5.74, 6) is -1.75. The molecule has 0 atom stereocenters. The molecule has 1 saturated heterocycles. The third-order valence-corrected chi connectivity index (χ3v) is 6.19. The predicted octanol–water partition coefficient (Wildman–Crippen LogP) is 6.06. The number of para-hydroxylation sites is 1. The van der Waals surface area contributed by atoms with Gasteiger partial charge >= 0.3 is 5.97 Å². The Balaban J connectivity index is 0.00000178. The van der Waals surface area contributed by atoms with Gasteiger partial charge in [0.1, 0.15) is 17.5 Å². The van der Waals surface area contributed by atoms with Gasteiger partial charge in [-0.05, 0) is 60.7 Å². The number of anilines is 3. The Kier molecular flexibility index (Phi) is 10.9. The summed E-state index contributed by atoms with van der Waals surface area (Å²) in [5.41, 5.74) is 1.75. The van der Waals surface area contributed by atoms with Crippen molar-refractivity contribution in [1.82, 2.24) is 4.98 Å². The molecule has 5 rings (SSSR count). The number of carboxylic acid groups (broad SMARTS) is 1. The molecule has 0 saturated carbocycles. The summed E-state index contributed by atoms with van der Waals surface area (Å²) in [7, 11) is 0. The molecule has 2 heterocycles. The fourth-order valence-corrected chi connectivity index (χ4v) is 4.32. The number of rotatable bonds is 5. The lowest BCUT2D eigenvalue weighted by molar-refractivity contribution is 0.0698. The number of amides is 1. The highest BCUT2D eigenvalue weighted by atomic mass is 35.5. The maximum Gasteiger partial charge on any atom is 0.336 e. The van der Waals surface area contributed by atoms with E-state index in [4.69, 9.17) is 0 Å². The van der Waals surface area contributed by atoms with Crippen LogP contribution in [-0.2, 0) is 0 Å². The molecule has 12 heteroatoms. The second-order valence-corrected chi connectivity index (χ2v) is 8.45. The van der Waals surface area contributed by atoms with Gasteiger partial charge in [-0.3, -0.25) is 4.79 Å². The smallest absolute Gasteiger partial charge is 0.336 e. The summed E-state index contributed by atoms with van der Waals surface area (Å²) in [4.78, 5) is 33.2. The monoisotopic (exact) mass is 596 g/mol. The minimum Gasteiger partial charge on any atom is -0.478 e. The number of hydrogen-bond donors (Lipinski definition) is 2. The number of piperazine rings is 1. The second kappa shape index (κ2) is 13.4. The number of benzene rings is 3. The van der Waals surface area contributed by atoms with E-state index in [9.17, 15) is 23.5 Å². The molecule has 1 aliphatic rings. The molecule has 206 valence electrons. The van der Waals surface area contributed by atoms with Crippen molar-refractivity contribution >= 4 is 77.2 Å². The Morgan fingerprint density at radius 2 is 1.46 bits per heavy atom. The summed E-state index contributed by atoms with van der Waals surface area (Å²) >= 11 is 0. The van der Waals surface area contributed by atoms with Gasteiger partial charge in [-0.2, -0.15) is 0 Å². The van der Waals surface area contributed by atoms with Crippen molar-refractivity contribution in [1.29, 1.82) is 0 Å². The minimum absolute atomic E-state index is 0. The average molecular weight is 598 g/mol. The summed E-state index contributed by atoms with van der Waals surface area (Å²) in [6.07, 6.45) is 0. The van der Waals surface area contributed by atoms with Crippen molar-refractivity contribution in [2.24, 2.45) is 0 Å². The van der Waals surface area contributed by atoms with Gasteiger partial charge in [0.2, 0.25) is 0 Å². The number of nitrogens with zero attached hydrogens (tertiary/aromatic N) is 3. The average Bonchev–Trinajstić information content (AvgIpc) is 2.89. The van der Waals surface area contributed by atoms with Crippen LogP contribution in [0.5, 0.6) is 0 Å². The van der Waals surface area contributed by atoms with E-state index in [1.807, 2.05) is 9.80 Å². The molecule has 2 N–H and O–H groups in total. The third kappa shape index (κ3) is 6.86. The summed E-state index contributed by atoms with van der Waals surface area (Å²) in [5, 5.41) is 13.0. The van der Waals surface area contributed by atoms with E-state index in [2.05, 4.69) is 10.3 Å². The molecule has 4 aromatic rings. The van der Waals surface area contributed by atoms with Crippen LogP contribution in [0.4, 0.5) is 26.0 Å². The van der Waals surface area contributed by atoms with Gasteiger partial charge in [-0.15, -0.1) is 37.2 Å². The first kappa shape index (κ1) is 31.6. The van der Waals surface area contributed by atoms with Crippen LogP contribution in [0.2, 0.25) is 0 Å². The normalized spacial score (nSPS) is 12.6. The molecule has 1 amide bonds. The molecule has 1 fully saturated rings. The first-order valence-electron chi connectivity index (χ1n) is 11.4. The lowest BCUT2D eigenvalue weighted by Crippen LogP contribution is -2.47. The number of nitrogens with one attached hydrogen (secondary N) is 1. The third-order valence-electron chi connectivity index (χ3n) is 6.19. The van der Waals surface area contributed by atoms with Crippen LogP contribution >= 0.6 is 37.2 Å². The van der Waals surface area contributed by atoms with Gasteiger partial charge in [0.25, 0.3) is 5.91 Å². The van der Waals surface area contributed by atoms with Crippen molar-refractivity contribution in [2.75, 3.05) is 41.3 Å². The zero-order valence-corrected chi connectivity index (χ0v) is 22.8. The molecular weight excluding hydrogens is 573 g/mol. The van der Waals surface area contributed by atoms with Crippen LogP contribution in [0.25, 0.3) is 10.9 Å². The molecule has 0 bridgehead atoms. The molecule has 3 aromatic carbocycles. The first-order valence-corrected chi connectivity index (χ1v) is 11.4. The van der Waals surface area contributed by atoms with E-state index in [0.29, 0.717) is 54.3 Å². The fraction of sp³-hybridized carbons (Fsp3) is 0.148. The Morgan fingerprint density at radius 1 is 0.821 bits per heavy atom. The van der Waals surface area contributed by atoms with Crippen LogP contribution in [0.3, 0.4) is 0 Å². The van der Waals surface area contributed by atoms with Crippen molar-refractivity contribution < 1.29 is 23.5 Å². The maximum atomic E-state index is 14.2. The maximum absolute atomic E-state index is 14.2. The molecule has 1 aromatic heterocycles. The highest BCUT2D eigenvalue weighted by Crippen LogP contribution is 2.28. The van der Waals surface area contributed by atoms with E-state index < -0.39 is 17.7 Å². The summed E-state index contributed by atoms with van der Waals surface area (Å²) in [6.45, 7) is 2.24. The van der Waals surface area contributed by atoms with Crippen LogP contribution in [0.15, 0.2) is 72.8 Å². The molecule has 0 unspecified atom stereocenters. The van der Waals surface area contributed by atoms with Crippen molar-refractivity contribution in [3.05, 3.63) is 95.6 Å². The second-order valence-electron chi connectivity index (χ2n) is 8.45. The number of fused-ring (bicyclic) bond motifs is 1. The summed E-state index contributed by atoms with van der Waals surface area (Å²) < 4.78 is 27.3. The van der Waals surface area contributed by atoms with E-state index in [-0.39, 0.29) is 54.2 Å². The highest BCUT2D eigenvalue weighted by Gasteiger charge is 2.22. The minimum atomic E-state index is -1.12. The van der Waals surface area contributed by atoms with Crippen molar-refractivity contribution in [3.8, 4) is 0 Å². The van der Waals surface area contributed by atoms with Crippen LogP contribution in [0.1, 0.15) is 20.7 Å². The number of halogens is 5. The highest BCUT2D eigenvalue weighted by molar-refractivity contribution is 6.08. The topological polar surface area (TPSA) is 85.8 Å². The molecule has 39 heavy (non-hydrogen) atoms. The van der Waals surface area contributed by atoms with Crippen LogP contribution in [0, 0.1) is 11.6 Å². The molecule has 0 radical (unpaired) electrons. The Hall–Kier alpha value is -3.66. The van der Waals surface area contributed by atoms with E-state index in [0.717, 1.165) is 0 Å².